The Morgan fingerprint density at radius 2 is 1.95 bits per heavy atom. The quantitative estimate of drug-likeness (QED) is 0.850. The molecule has 0 bridgehead atoms. The van der Waals surface area contributed by atoms with Gasteiger partial charge in [-0.1, -0.05) is 20.3 Å². The largest absolute Gasteiger partial charge is 0.481 e. The fourth-order valence-corrected chi connectivity index (χ4v) is 3.75. The lowest BCUT2D eigenvalue weighted by Crippen LogP contribution is -2.37. The van der Waals surface area contributed by atoms with Crippen molar-refractivity contribution < 1.29 is 14.7 Å². The fraction of sp³-hybridized carbons (Fsp3) is 0.867. The zero-order valence-corrected chi connectivity index (χ0v) is 12.0. The third-order valence-electron chi connectivity index (χ3n) is 4.73. The van der Waals surface area contributed by atoms with E-state index in [4.69, 9.17) is 0 Å². The first-order valence-electron chi connectivity index (χ1n) is 7.54. The van der Waals surface area contributed by atoms with Crippen LogP contribution in [0.15, 0.2) is 0 Å². The number of hydrogen-bond donors (Lipinski definition) is 1. The molecule has 108 valence electrons. The molecular formula is C15H25NO3. The van der Waals surface area contributed by atoms with E-state index in [-0.39, 0.29) is 11.8 Å². The van der Waals surface area contributed by atoms with Gasteiger partial charge in [0, 0.05) is 13.1 Å². The van der Waals surface area contributed by atoms with Gasteiger partial charge in [0.2, 0.25) is 5.91 Å². The number of carbonyl (C=O) groups is 2. The second kappa shape index (κ2) is 5.93. The number of carboxylic acid groups (broad SMARTS) is 1. The van der Waals surface area contributed by atoms with Crippen molar-refractivity contribution in [3.63, 3.8) is 0 Å². The van der Waals surface area contributed by atoms with Gasteiger partial charge in [0.1, 0.15) is 0 Å². The van der Waals surface area contributed by atoms with Crippen molar-refractivity contribution in [2.24, 2.45) is 23.7 Å². The van der Waals surface area contributed by atoms with Crippen LogP contribution in [-0.2, 0) is 9.59 Å². The van der Waals surface area contributed by atoms with Crippen LogP contribution in [0.2, 0.25) is 0 Å². The number of hydrogen-bond acceptors (Lipinski definition) is 2. The molecule has 0 spiro atoms. The Kier molecular flexibility index (Phi) is 4.48. The summed E-state index contributed by atoms with van der Waals surface area (Å²) >= 11 is 0. The van der Waals surface area contributed by atoms with E-state index in [0.717, 1.165) is 32.4 Å². The summed E-state index contributed by atoms with van der Waals surface area (Å²) in [6.45, 7) is 5.88. The van der Waals surface area contributed by atoms with Gasteiger partial charge in [-0.3, -0.25) is 9.59 Å². The van der Waals surface area contributed by atoms with Crippen molar-refractivity contribution in [1.82, 2.24) is 4.90 Å². The van der Waals surface area contributed by atoms with E-state index in [1.54, 1.807) is 0 Å². The van der Waals surface area contributed by atoms with Crippen LogP contribution in [-0.4, -0.2) is 35.0 Å². The average Bonchev–Trinajstić information content (AvgIpc) is 2.95. The molecule has 1 aliphatic carbocycles. The first kappa shape index (κ1) is 14.4. The van der Waals surface area contributed by atoms with Crippen molar-refractivity contribution in [2.75, 3.05) is 13.1 Å². The molecule has 0 radical (unpaired) electrons. The van der Waals surface area contributed by atoms with Crippen LogP contribution in [0.4, 0.5) is 0 Å². The first-order chi connectivity index (χ1) is 9.02. The maximum absolute atomic E-state index is 12.5. The minimum atomic E-state index is -0.799. The van der Waals surface area contributed by atoms with Gasteiger partial charge in [0.05, 0.1) is 11.8 Å². The molecule has 2 aliphatic rings. The van der Waals surface area contributed by atoms with Gasteiger partial charge in [-0.25, -0.2) is 0 Å². The normalized spacial score (nSPS) is 34.7. The van der Waals surface area contributed by atoms with Gasteiger partial charge in [-0.05, 0) is 37.5 Å². The maximum Gasteiger partial charge on any atom is 0.307 e. The van der Waals surface area contributed by atoms with Gasteiger partial charge < -0.3 is 10.0 Å². The predicted molar refractivity (Wildman–Crippen MR) is 72.6 cm³/mol. The Hall–Kier alpha value is -1.06. The Morgan fingerprint density at radius 3 is 2.58 bits per heavy atom. The van der Waals surface area contributed by atoms with Gasteiger partial charge in [0.15, 0.2) is 0 Å². The highest BCUT2D eigenvalue weighted by atomic mass is 16.4. The highest BCUT2D eigenvalue weighted by molar-refractivity contribution is 5.85. The monoisotopic (exact) mass is 267 g/mol. The summed E-state index contributed by atoms with van der Waals surface area (Å²) in [5, 5.41) is 9.26. The molecule has 1 saturated carbocycles. The Labute approximate surface area is 115 Å². The zero-order valence-electron chi connectivity index (χ0n) is 12.0. The summed E-state index contributed by atoms with van der Waals surface area (Å²) in [6.07, 6.45) is 4.81. The molecule has 4 heteroatoms. The van der Waals surface area contributed by atoms with Crippen molar-refractivity contribution in [3.05, 3.63) is 0 Å². The molecule has 0 aromatic heterocycles. The highest BCUT2D eigenvalue weighted by Gasteiger charge is 2.43. The fourth-order valence-electron chi connectivity index (χ4n) is 3.75. The SMILES string of the molecule is CCCC1CCN(C(=O)[C@H]2CC(C)C[C@H]2C(=O)O)C1. The second-order valence-electron chi connectivity index (χ2n) is 6.36. The molecule has 2 unspecified atom stereocenters. The third-order valence-corrected chi connectivity index (χ3v) is 4.73. The van der Waals surface area contributed by atoms with Crippen LogP contribution < -0.4 is 0 Å². The molecular weight excluding hydrogens is 242 g/mol. The van der Waals surface area contributed by atoms with Crippen LogP contribution >= 0.6 is 0 Å². The van der Waals surface area contributed by atoms with Gasteiger partial charge in [-0.15, -0.1) is 0 Å². The van der Waals surface area contributed by atoms with Gasteiger partial charge in [-0.2, -0.15) is 0 Å². The van der Waals surface area contributed by atoms with Gasteiger partial charge >= 0.3 is 5.97 Å². The predicted octanol–water partition coefficient (Wildman–Crippen LogP) is 2.38. The molecule has 1 N–H and O–H groups in total. The van der Waals surface area contributed by atoms with E-state index in [9.17, 15) is 14.7 Å². The van der Waals surface area contributed by atoms with E-state index in [1.165, 1.54) is 6.42 Å². The molecule has 1 saturated heterocycles. The second-order valence-corrected chi connectivity index (χ2v) is 6.36. The lowest BCUT2D eigenvalue weighted by atomic mass is 9.95. The van der Waals surface area contributed by atoms with Crippen molar-refractivity contribution in [1.29, 1.82) is 0 Å². The third kappa shape index (κ3) is 3.10. The summed E-state index contributed by atoms with van der Waals surface area (Å²) in [4.78, 5) is 25.7. The minimum absolute atomic E-state index is 0.0929. The summed E-state index contributed by atoms with van der Waals surface area (Å²) < 4.78 is 0. The number of carboxylic acids is 1. The van der Waals surface area contributed by atoms with E-state index >= 15 is 0 Å². The van der Waals surface area contributed by atoms with Crippen molar-refractivity contribution in [2.45, 2.75) is 46.0 Å². The topological polar surface area (TPSA) is 57.6 Å². The lowest BCUT2D eigenvalue weighted by molar-refractivity contribution is -0.148. The molecule has 4 nitrogen and oxygen atoms in total. The van der Waals surface area contributed by atoms with E-state index < -0.39 is 11.9 Å². The number of amides is 1. The molecule has 4 atom stereocenters. The zero-order chi connectivity index (χ0) is 14.0. The van der Waals surface area contributed by atoms with Crippen LogP contribution in [0.25, 0.3) is 0 Å². The molecule has 0 aromatic rings. The Bertz CT molecular complexity index is 355. The standard InChI is InChI=1S/C15H25NO3/c1-3-4-11-5-6-16(9-11)14(17)12-7-10(2)8-13(12)15(18)19/h10-13H,3-9H2,1-2H3,(H,18,19)/t10?,11?,12-,13+/m0/s1. The number of rotatable bonds is 4. The molecule has 0 aromatic carbocycles. The van der Waals surface area contributed by atoms with Crippen molar-refractivity contribution in [3.8, 4) is 0 Å². The molecule has 2 rings (SSSR count). The van der Waals surface area contributed by atoms with Crippen LogP contribution in [0.5, 0.6) is 0 Å². The number of nitrogens with zero attached hydrogens (tertiary/aromatic N) is 1. The smallest absolute Gasteiger partial charge is 0.307 e. The number of carbonyl (C=O) groups excluding carboxylic acids is 1. The van der Waals surface area contributed by atoms with Crippen LogP contribution in [0.1, 0.15) is 46.0 Å². The Morgan fingerprint density at radius 1 is 1.26 bits per heavy atom. The molecule has 1 heterocycles. The Balaban J connectivity index is 1.97. The summed E-state index contributed by atoms with van der Waals surface area (Å²) in [5.74, 6) is -0.483. The van der Waals surface area contributed by atoms with Gasteiger partial charge in [0.25, 0.3) is 0 Å². The summed E-state index contributed by atoms with van der Waals surface area (Å²) in [7, 11) is 0. The highest BCUT2D eigenvalue weighted by Crippen LogP contribution is 2.38. The van der Waals surface area contributed by atoms with E-state index in [2.05, 4.69) is 6.92 Å². The molecule has 1 amide bonds. The molecule has 1 aliphatic heterocycles. The van der Waals surface area contributed by atoms with E-state index in [1.807, 2.05) is 11.8 Å². The molecule has 19 heavy (non-hydrogen) atoms. The summed E-state index contributed by atoms with van der Waals surface area (Å²) in [6, 6.07) is 0. The van der Waals surface area contributed by atoms with Crippen LogP contribution in [0.3, 0.4) is 0 Å². The van der Waals surface area contributed by atoms with E-state index in [0.29, 0.717) is 18.3 Å². The summed E-state index contributed by atoms with van der Waals surface area (Å²) in [5.41, 5.74) is 0. The lowest BCUT2D eigenvalue weighted by Gasteiger charge is -2.23. The average molecular weight is 267 g/mol. The number of aliphatic carboxylic acids is 1. The van der Waals surface area contributed by atoms with Crippen molar-refractivity contribution >= 4 is 11.9 Å². The minimum Gasteiger partial charge on any atom is -0.481 e. The maximum atomic E-state index is 12.5. The first-order valence-corrected chi connectivity index (χ1v) is 7.54. The molecule has 2 fully saturated rings. The van der Waals surface area contributed by atoms with Crippen LogP contribution in [0, 0.1) is 23.7 Å². The number of likely N-dealkylation sites (tertiary alicyclic amines) is 1.